The van der Waals surface area contributed by atoms with Crippen LogP contribution in [0.5, 0.6) is 0 Å². The molecule has 30 heavy (non-hydrogen) atoms. The number of carbonyl (C=O) groups excluding carboxylic acids is 1. The lowest BCUT2D eigenvalue weighted by Crippen LogP contribution is -2.40. The Morgan fingerprint density at radius 1 is 0.967 bits per heavy atom. The van der Waals surface area contributed by atoms with Crippen molar-refractivity contribution in [3.8, 4) is 0 Å². The van der Waals surface area contributed by atoms with E-state index in [9.17, 15) is 4.79 Å². The minimum Gasteiger partial charge on any atom is -0.445 e. The topological polar surface area (TPSA) is 45.7 Å². The van der Waals surface area contributed by atoms with Crippen LogP contribution >= 0.6 is 11.8 Å². The third kappa shape index (κ3) is 3.93. The molecule has 1 fully saturated rings. The molecule has 2 aromatic carbocycles. The largest absolute Gasteiger partial charge is 0.445 e. The number of anilines is 2. The van der Waals surface area contributed by atoms with E-state index >= 15 is 0 Å². The standard InChI is InChI=1S/C24H23N3O2S/c28-24(29-19-12-15-26(16-13-19)17-18-7-2-1-3-8-18)27-20-9-4-5-10-21(20)30-22-11-6-14-25-23(22)27/h1-11,14,19H,12-13,15-17H2. The summed E-state index contributed by atoms with van der Waals surface area (Å²) in [6, 6.07) is 22.3. The maximum atomic E-state index is 13.2. The lowest BCUT2D eigenvalue weighted by Gasteiger charge is -2.34. The van der Waals surface area contributed by atoms with Crippen molar-refractivity contribution in [1.82, 2.24) is 9.88 Å². The number of benzene rings is 2. The molecule has 1 saturated heterocycles. The third-order valence-electron chi connectivity index (χ3n) is 5.52. The number of rotatable bonds is 3. The van der Waals surface area contributed by atoms with E-state index in [4.69, 9.17) is 4.74 Å². The van der Waals surface area contributed by atoms with Crippen LogP contribution in [0.2, 0.25) is 0 Å². The van der Waals surface area contributed by atoms with Gasteiger partial charge in [-0.2, -0.15) is 0 Å². The zero-order valence-electron chi connectivity index (χ0n) is 16.6. The summed E-state index contributed by atoms with van der Waals surface area (Å²) in [4.78, 5) is 23.7. The SMILES string of the molecule is O=C(OC1CCN(Cc2ccccc2)CC1)N1c2ccccc2Sc2cccnc21. The first-order chi connectivity index (χ1) is 14.8. The number of amides is 1. The van der Waals surface area contributed by atoms with E-state index in [-0.39, 0.29) is 12.2 Å². The van der Waals surface area contributed by atoms with E-state index in [1.165, 1.54) is 5.56 Å². The highest BCUT2D eigenvalue weighted by molar-refractivity contribution is 7.99. The summed E-state index contributed by atoms with van der Waals surface area (Å²) in [6.07, 6.45) is 2.99. The molecule has 1 aromatic heterocycles. The fraction of sp³-hybridized carbons (Fsp3) is 0.250. The van der Waals surface area contributed by atoms with Crippen molar-refractivity contribution in [3.05, 3.63) is 78.5 Å². The number of hydrogen-bond acceptors (Lipinski definition) is 5. The quantitative estimate of drug-likeness (QED) is 0.564. The maximum Gasteiger partial charge on any atom is 0.420 e. The Labute approximate surface area is 180 Å². The van der Waals surface area contributed by atoms with Gasteiger partial charge in [0.1, 0.15) is 6.10 Å². The predicted molar refractivity (Wildman–Crippen MR) is 118 cm³/mol. The normalized spacial score (nSPS) is 16.6. The number of ether oxygens (including phenoxy) is 1. The van der Waals surface area contributed by atoms with Gasteiger partial charge in [-0.25, -0.2) is 14.7 Å². The maximum absolute atomic E-state index is 13.2. The highest BCUT2D eigenvalue weighted by Gasteiger charge is 2.32. The Morgan fingerprint density at radius 2 is 1.70 bits per heavy atom. The highest BCUT2D eigenvalue weighted by Crippen LogP contribution is 2.47. The Kier molecular flexibility index (Phi) is 5.43. The van der Waals surface area contributed by atoms with Gasteiger partial charge in [0.2, 0.25) is 0 Å². The van der Waals surface area contributed by atoms with Crippen LogP contribution in [0.15, 0.2) is 82.7 Å². The summed E-state index contributed by atoms with van der Waals surface area (Å²) in [7, 11) is 0. The van der Waals surface area contributed by atoms with Gasteiger partial charge in [-0.05, 0) is 42.7 Å². The van der Waals surface area contributed by atoms with E-state index in [1.807, 2.05) is 42.5 Å². The van der Waals surface area contributed by atoms with Gasteiger partial charge in [0, 0.05) is 30.7 Å². The van der Waals surface area contributed by atoms with Crippen molar-refractivity contribution in [2.24, 2.45) is 0 Å². The second-order valence-corrected chi connectivity index (χ2v) is 8.66. The van der Waals surface area contributed by atoms with Crippen molar-refractivity contribution < 1.29 is 9.53 Å². The van der Waals surface area contributed by atoms with Gasteiger partial charge in [0.25, 0.3) is 0 Å². The number of nitrogens with zero attached hydrogens (tertiary/aromatic N) is 3. The van der Waals surface area contributed by atoms with Crippen LogP contribution in [0.3, 0.4) is 0 Å². The smallest absolute Gasteiger partial charge is 0.420 e. The Bertz CT molecular complexity index is 990. The molecule has 0 radical (unpaired) electrons. The van der Waals surface area contributed by atoms with Gasteiger partial charge in [0.15, 0.2) is 5.82 Å². The molecule has 3 aromatic rings. The minimum absolute atomic E-state index is 0.0709. The molecule has 0 saturated carbocycles. The molecule has 0 N–H and O–H groups in total. The monoisotopic (exact) mass is 417 g/mol. The number of fused-ring (bicyclic) bond motifs is 2. The van der Waals surface area contributed by atoms with E-state index < -0.39 is 0 Å². The Hall–Kier alpha value is -2.83. The molecule has 5 nitrogen and oxygen atoms in total. The second kappa shape index (κ2) is 8.50. The van der Waals surface area contributed by atoms with Gasteiger partial charge in [-0.15, -0.1) is 0 Å². The first-order valence-corrected chi connectivity index (χ1v) is 11.1. The molecular weight excluding hydrogens is 394 g/mol. The first-order valence-electron chi connectivity index (χ1n) is 10.3. The number of para-hydroxylation sites is 1. The molecule has 1 amide bonds. The van der Waals surface area contributed by atoms with Crippen LogP contribution < -0.4 is 4.90 Å². The Balaban J connectivity index is 1.26. The fourth-order valence-electron chi connectivity index (χ4n) is 4.00. The molecular formula is C24H23N3O2S. The van der Waals surface area contributed by atoms with Crippen LogP contribution in [0.25, 0.3) is 0 Å². The van der Waals surface area contributed by atoms with Gasteiger partial charge in [-0.3, -0.25) is 4.90 Å². The Morgan fingerprint density at radius 3 is 2.53 bits per heavy atom. The molecule has 2 aliphatic rings. The van der Waals surface area contributed by atoms with E-state index in [2.05, 4.69) is 34.1 Å². The average molecular weight is 418 g/mol. The fourth-order valence-corrected chi connectivity index (χ4v) is 5.03. The van der Waals surface area contributed by atoms with Gasteiger partial charge < -0.3 is 4.74 Å². The van der Waals surface area contributed by atoms with Crippen molar-refractivity contribution in [1.29, 1.82) is 0 Å². The summed E-state index contributed by atoms with van der Waals surface area (Å²) in [5.41, 5.74) is 2.15. The number of likely N-dealkylation sites (tertiary alicyclic amines) is 1. The predicted octanol–water partition coefficient (Wildman–Crippen LogP) is 5.49. The molecule has 2 aliphatic heterocycles. The molecule has 6 heteroatoms. The molecule has 152 valence electrons. The number of aromatic nitrogens is 1. The highest BCUT2D eigenvalue weighted by atomic mass is 32.2. The van der Waals surface area contributed by atoms with Crippen LogP contribution in [0.4, 0.5) is 16.3 Å². The molecule has 5 rings (SSSR count). The lowest BCUT2D eigenvalue weighted by molar-refractivity contribution is 0.0538. The molecule has 0 spiro atoms. The van der Waals surface area contributed by atoms with Crippen LogP contribution in [0, 0.1) is 0 Å². The molecule has 0 unspecified atom stereocenters. The summed E-state index contributed by atoms with van der Waals surface area (Å²) in [5.74, 6) is 0.646. The summed E-state index contributed by atoms with van der Waals surface area (Å²) < 4.78 is 5.95. The average Bonchev–Trinajstić information content (AvgIpc) is 2.79. The van der Waals surface area contributed by atoms with E-state index in [0.29, 0.717) is 5.82 Å². The van der Waals surface area contributed by atoms with Gasteiger partial charge in [0.05, 0.1) is 10.6 Å². The summed E-state index contributed by atoms with van der Waals surface area (Å²) >= 11 is 1.63. The second-order valence-electron chi connectivity index (χ2n) is 7.58. The number of hydrogen-bond donors (Lipinski definition) is 0. The molecule has 0 bridgehead atoms. The van der Waals surface area contributed by atoms with Crippen LogP contribution in [-0.4, -0.2) is 35.2 Å². The number of carbonyl (C=O) groups is 1. The number of piperidine rings is 1. The van der Waals surface area contributed by atoms with Crippen molar-refractivity contribution >= 4 is 29.4 Å². The first kappa shape index (κ1) is 19.2. The van der Waals surface area contributed by atoms with E-state index in [1.54, 1.807) is 22.9 Å². The van der Waals surface area contributed by atoms with Crippen LogP contribution in [0.1, 0.15) is 18.4 Å². The van der Waals surface area contributed by atoms with Gasteiger partial charge >= 0.3 is 6.09 Å². The summed E-state index contributed by atoms with van der Waals surface area (Å²) in [6.45, 7) is 2.79. The molecule has 0 aliphatic carbocycles. The van der Waals surface area contributed by atoms with E-state index in [0.717, 1.165) is 48.0 Å². The minimum atomic E-state index is -0.343. The zero-order chi connectivity index (χ0) is 20.3. The third-order valence-corrected chi connectivity index (χ3v) is 6.63. The van der Waals surface area contributed by atoms with Crippen LogP contribution in [-0.2, 0) is 11.3 Å². The van der Waals surface area contributed by atoms with Crippen molar-refractivity contribution in [3.63, 3.8) is 0 Å². The molecule has 3 heterocycles. The summed E-state index contributed by atoms with van der Waals surface area (Å²) in [5, 5.41) is 0. The number of pyridine rings is 1. The van der Waals surface area contributed by atoms with Gasteiger partial charge in [-0.1, -0.05) is 54.2 Å². The van der Waals surface area contributed by atoms with Crippen molar-refractivity contribution in [2.75, 3.05) is 18.0 Å². The van der Waals surface area contributed by atoms with Crippen molar-refractivity contribution in [2.45, 2.75) is 35.3 Å². The zero-order valence-corrected chi connectivity index (χ0v) is 17.4. The molecule has 0 atom stereocenters. The lowest BCUT2D eigenvalue weighted by atomic mass is 10.1.